The lowest BCUT2D eigenvalue weighted by Gasteiger charge is -2.31. The second kappa shape index (κ2) is 5.60. The molecule has 1 aliphatic carbocycles. The molecule has 2 atom stereocenters. The summed E-state index contributed by atoms with van der Waals surface area (Å²) in [6.07, 6.45) is 0.970. The van der Waals surface area contributed by atoms with Crippen LogP contribution >= 0.6 is 0 Å². The second-order valence-corrected chi connectivity index (χ2v) is 4.56. The van der Waals surface area contributed by atoms with Crippen molar-refractivity contribution in [2.24, 2.45) is 5.92 Å². The van der Waals surface area contributed by atoms with Gasteiger partial charge in [0.15, 0.2) is 6.29 Å². The maximum atomic E-state index is 11.8. The van der Waals surface area contributed by atoms with E-state index in [0.29, 0.717) is 19.3 Å². The number of ketones is 1. The highest BCUT2D eigenvalue weighted by atomic mass is 16.7. The first-order valence-electron chi connectivity index (χ1n) is 5.71. The van der Waals surface area contributed by atoms with E-state index >= 15 is 0 Å². The van der Waals surface area contributed by atoms with Gasteiger partial charge in [-0.2, -0.15) is 0 Å². The summed E-state index contributed by atoms with van der Waals surface area (Å²) in [7, 11) is 3.05. The lowest BCUT2D eigenvalue weighted by molar-refractivity contribution is -0.167. The van der Waals surface area contributed by atoms with Gasteiger partial charge >= 0.3 is 5.97 Å². The number of carbonyl (C=O) groups is 2. The van der Waals surface area contributed by atoms with Crippen LogP contribution in [-0.2, 0) is 23.8 Å². The van der Waals surface area contributed by atoms with Crippen LogP contribution in [0.5, 0.6) is 0 Å². The minimum atomic E-state index is -0.724. The van der Waals surface area contributed by atoms with Gasteiger partial charge in [-0.3, -0.25) is 9.59 Å². The first-order chi connectivity index (χ1) is 7.92. The molecule has 0 aromatic rings. The van der Waals surface area contributed by atoms with Crippen LogP contribution in [0.25, 0.3) is 0 Å². The van der Waals surface area contributed by atoms with E-state index in [1.54, 1.807) is 6.92 Å². The molecule has 0 heterocycles. The van der Waals surface area contributed by atoms with Crippen molar-refractivity contribution >= 4 is 11.8 Å². The Hall–Kier alpha value is -0.940. The van der Waals surface area contributed by atoms with E-state index in [1.165, 1.54) is 21.1 Å². The Kier molecular flexibility index (Phi) is 4.65. The Morgan fingerprint density at radius 1 is 1.47 bits per heavy atom. The molecule has 1 rings (SSSR count). The fraction of sp³-hybridized carbons (Fsp3) is 0.833. The Morgan fingerprint density at radius 2 is 2.06 bits per heavy atom. The summed E-state index contributed by atoms with van der Waals surface area (Å²) in [6.45, 7) is 3.15. The van der Waals surface area contributed by atoms with Crippen LogP contribution < -0.4 is 0 Å². The van der Waals surface area contributed by atoms with Crippen LogP contribution in [0.1, 0.15) is 33.1 Å². The molecule has 0 amide bonds. The molecule has 0 bridgehead atoms. The highest BCUT2D eigenvalue weighted by Gasteiger charge is 2.48. The summed E-state index contributed by atoms with van der Waals surface area (Å²) in [5, 5.41) is 0. The number of esters is 1. The summed E-state index contributed by atoms with van der Waals surface area (Å²) in [5.41, 5.74) is -0.724. The van der Waals surface area contributed by atoms with Crippen LogP contribution in [0.15, 0.2) is 0 Å². The third-order valence-electron chi connectivity index (χ3n) is 3.32. The summed E-state index contributed by atoms with van der Waals surface area (Å²) < 4.78 is 15.5. The molecule has 5 heteroatoms. The minimum Gasteiger partial charge on any atom is -0.459 e. The van der Waals surface area contributed by atoms with Crippen molar-refractivity contribution in [1.82, 2.24) is 0 Å². The monoisotopic (exact) mass is 244 g/mol. The molecule has 1 fully saturated rings. The Balaban J connectivity index is 2.77. The van der Waals surface area contributed by atoms with Gasteiger partial charge in [-0.1, -0.05) is 0 Å². The molecule has 0 saturated heterocycles. The fourth-order valence-corrected chi connectivity index (χ4v) is 2.37. The summed E-state index contributed by atoms with van der Waals surface area (Å²) >= 11 is 0. The van der Waals surface area contributed by atoms with Gasteiger partial charge in [-0.05, 0) is 13.3 Å². The van der Waals surface area contributed by atoms with Crippen LogP contribution in [0.2, 0.25) is 0 Å². The van der Waals surface area contributed by atoms with Gasteiger partial charge in [-0.25, -0.2) is 0 Å². The molecular weight excluding hydrogens is 224 g/mol. The quantitative estimate of drug-likeness (QED) is 0.539. The van der Waals surface area contributed by atoms with Crippen molar-refractivity contribution in [3.8, 4) is 0 Å². The topological polar surface area (TPSA) is 61.8 Å². The van der Waals surface area contributed by atoms with Gasteiger partial charge in [-0.15, -0.1) is 0 Å². The van der Waals surface area contributed by atoms with Crippen molar-refractivity contribution in [1.29, 1.82) is 0 Å². The smallest absolute Gasteiger partial charge is 0.303 e. The van der Waals surface area contributed by atoms with E-state index in [2.05, 4.69) is 0 Å². The van der Waals surface area contributed by atoms with Crippen molar-refractivity contribution in [2.45, 2.75) is 45.0 Å². The van der Waals surface area contributed by atoms with Crippen LogP contribution in [-0.4, -0.2) is 37.9 Å². The lowest BCUT2D eigenvalue weighted by Crippen LogP contribution is -2.39. The summed E-state index contributed by atoms with van der Waals surface area (Å²) in [6, 6.07) is 0. The van der Waals surface area contributed by atoms with Crippen molar-refractivity contribution in [2.75, 3.05) is 14.2 Å². The second-order valence-electron chi connectivity index (χ2n) is 4.56. The molecule has 1 aliphatic rings. The molecular formula is C12H20O5. The SMILES string of the molecule is COC(CC1C(=O)CCC1(C)OC(C)=O)OC. The largest absolute Gasteiger partial charge is 0.459 e. The summed E-state index contributed by atoms with van der Waals surface area (Å²) in [4.78, 5) is 22.9. The van der Waals surface area contributed by atoms with Crippen LogP contribution in [0.3, 0.4) is 0 Å². The minimum absolute atomic E-state index is 0.104. The van der Waals surface area contributed by atoms with E-state index in [4.69, 9.17) is 14.2 Å². The van der Waals surface area contributed by atoms with Gasteiger partial charge in [0.05, 0.1) is 5.92 Å². The fourth-order valence-electron chi connectivity index (χ4n) is 2.37. The molecule has 2 unspecified atom stereocenters. The van der Waals surface area contributed by atoms with Crippen LogP contribution in [0, 0.1) is 5.92 Å². The highest BCUT2D eigenvalue weighted by Crippen LogP contribution is 2.39. The number of hydrogen-bond donors (Lipinski definition) is 0. The van der Waals surface area contributed by atoms with Gasteiger partial charge < -0.3 is 14.2 Å². The number of ether oxygens (including phenoxy) is 3. The molecule has 0 N–H and O–H groups in total. The van der Waals surface area contributed by atoms with Gasteiger partial charge in [0.25, 0.3) is 0 Å². The average molecular weight is 244 g/mol. The van der Waals surface area contributed by atoms with E-state index in [-0.39, 0.29) is 17.7 Å². The van der Waals surface area contributed by atoms with Gasteiger partial charge in [0.2, 0.25) is 0 Å². The zero-order chi connectivity index (χ0) is 13.1. The highest BCUT2D eigenvalue weighted by molar-refractivity contribution is 5.85. The number of hydrogen-bond acceptors (Lipinski definition) is 5. The number of methoxy groups -OCH3 is 2. The van der Waals surface area contributed by atoms with Gasteiger partial charge in [0.1, 0.15) is 11.4 Å². The zero-order valence-electron chi connectivity index (χ0n) is 10.8. The van der Waals surface area contributed by atoms with E-state index in [9.17, 15) is 9.59 Å². The van der Waals surface area contributed by atoms with E-state index < -0.39 is 11.9 Å². The molecule has 0 aromatic carbocycles. The molecule has 5 nitrogen and oxygen atoms in total. The number of Topliss-reactive ketones (excluding diaryl/α,β-unsaturated/α-hetero) is 1. The molecule has 0 spiro atoms. The molecule has 0 aliphatic heterocycles. The Labute approximate surface area is 101 Å². The van der Waals surface area contributed by atoms with E-state index in [0.717, 1.165) is 0 Å². The standard InChI is InChI=1S/C12H20O5/c1-8(13)17-12(2)6-5-10(14)9(12)7-11(15-3)16-4/h9,11H,5-7H2,1-4H3. The van der Waals surface area contributed by atoms with Crippen molar-refractivity contribution < 1.29 is 23.8 Å². The maximum absolute atomic E-state index is 11.8. The predicted molar refractivity (Wildman–Crippen MR) is 60.3 cm³/mol. The molecule has 1 saturated carbocycles. The third kappa shape index (κ3) is 3.26. The maximum Gasteiger partial charge on any atom is 0.303 e. The molecule has 17 heavy (non-hydrogen) atoms. The number of carbonyl (C=O) groups excluding carboxylic acids is 2. The predicted octanol–water partition coefficient (Wildman–Crippen LogP) is 1.30. The van der Waals surface area contributed by atoms with Crippen molar-refractivity contribution in [3.63, 3.8) is 0 Å². The van der Waals surface area contributed by atoms with E-state index in [1.807, 2.05) is 0 Å². The third-order valence-corrected chi connectivity index (χ3v) is 3.32. The first kappa shape index (κ1) is 14.1. The normalized spacial score (nSPS) is 28.8. The van der Waals surface area contributed by atoms with Gasteiger partial charge in [0, 0.05) is 34.0 Å². The zero-order valence-corrected chi connectivity index (χ0v) is 10.8. The molecule has 0 radical (unpaired) electrons. The van der Waals surface area contributed by atoms with Crippen molar-refractivity contribution in [3.05, 3.63) is 0 Å². The number of rotatable bonds is 5. The van der Waals surface area contributed by atoms with Crippen LogP contribution in [0.4, 0.5) is 0 Å². The Morgan fingerprint density at radius 3 is 2.53 bits per heavy atom. The first-order valence-corrected chi connectivity index (χ1v) is 5.71. The molecule has 0 aromatic heterocycles. The molecule has 98 valence electrons. The average Bonchev–Trinajstić information content (AvgIpc) is 2.51. The lowest BCUT2D eigenvalue weighted by atomic mass is 9.89. The summed E-state index contributed by atoms with van der Waals surface area (Å²) in [5.74, 6) is -0.609. The Bertz CT molecular complexity index is 297.